The summed E-state index contributed by atoms with van der Waals surface area (Å²) in [4.78, 5) is 9.42. The molecule has 0 amide bonds. The Balaban J connectivity index is 2.29. The Morgan fingerprint density at radius 2 is 1.68 bits per heavy atom. The first kappa shape index (κ1) is 16.7. The van der Waals surface area contributed by atoms with E-state index in [-0.39, 0.29) is 10.8 Å². The van der Waals surface area contributed by atoms with Gasteiger partial charge >= 0.3 is 0 Å². The third-order valence-electron chi connectivity index (χ3n) is 4.07. The van der Waals surface area contributed by atoms with E-state index in [1.165, 1.54) is 16.8 Å². The summed E-state index contributed by atoms with van der Waals surface area (Å²) in [6, 6.07) is 8.54. The molecular formula is C20H28N2. The number of nitrogens with zero attached hydrogens (tertiary/aromatic N) is 2. The van der Waals surface area contributed by atoms with Gasteiger partial charge in [0.1, 0.15) is 0 Å². The number of hydrogen-bond acceptors (Lipinski definition) is 2. The fourth-order valence-corrected chi connectivity index (χ4v) is 3.04. The molecule has 0 aliphatic rings. The molecule has 2 rings (SSSR count). The molecule has 0 fully saturated rings. The maximum absolute atomic E-state index is 4.72. The molecule has 0 saturated carbocycles. The standard InChI is InChI=1S/C20H28N2/c1-14-11-16(13-21-18(14)19(3,4)5)12-20(6,7)17-10-8-9-15(2)22-17/h8-11,13H,12H2,1-7H3. The molecule has 0 spiro atoms. The molecule has 0 aliphatic heterocycles. The quantitative estimate of drug-likeness (QED) is 0.804. The average molecular weight is 296 g/mol. The van der Waals surface area contributed by atoms with Gasteiger partial charge in [-0.1, -0.05) is 46.8 Å². The highest BCUT2D eigenvalue weighted by Gasteiger charge is 2.24. The maximum atomic E-state index is 4.72. The molecule has 22 heavy (non-hydrogen) atoms. The van der Waals surface area contributed by atoms with E-state index >= 15 is 0 Å². The minimum absolute atomic E-state index is 0.00336. The van der Waals surface area contributed by atoms with Crippen molar-refractivity contribution in [3.05, 3.63) is 58.7 Å². The van der Waals surface area contributed by atoms with Crippen LogP contribution in [0.15, 0.2) is 30.5 Å². The molecule has 0 atom stereocenters. The SMILES string of the molecule is Cc1cccc(C(C)(C)Cc2cnc(C(C)(C)C)c(C)c2)n1. The van der Waals surface area contributed by atoms with Crippen molar-refractivity contribution in [2.75, 3.05) is 0 Å². The van der Waals surface area contributed by atoms with Gasteiger partial charge in [0.25, 0.3) is 0 Å². The highest BCUT2D eigenvalue weighted by molar-refractivity contribution is 5.31. The van der Waals surface area contributed by atoms with Gasteiger partial charge in [-0.15, -0.1) is 0 Å². The molecule has 2 aromatic rings. The summed E-state index contributed by atoms with van der Waals surface area (Å²) in [5, 5.41) is 0. The fraction of sp³-hybridized carbons (Fsp3) is 0.500. The smallest absolute Gasteiger partial charge is 0.0486 e. The number of pyridine rings is 2. The van der Waals surface area contributed by atoms with Crippen LogP contribution in [0.4, 0.5) is 0 Å². The molecule has 0 unspecified atom stereocenters. The summed E-state index contributed by atoms with van der Waals surface area (Å²) in [6.45, 7) is 15.3. The van der Waals surface area contributed by atoms with Crippen LogP contribution in [-0.2, 0) is 17.3 Å². The lowest BCUT2D eigenvalue weighted by Gasteiger charge is -2.26. The molecule has 2 aromatic heterocycles. The molecule has 0 N–H and O–H groups in total. The summed E-state index contributed by atoms with van der Waals surface area (Å²) in [6.07, 6.45) is 2.98. The predicted molar refractivity (Wildman–Crippen MR) is 93.4 cm³/mol. The number of aromatic nitrogens is 2. The van der Waals surface area contributed by atoms with Crippen LogP contribution < -0.4 is 0 Å². The molecule has 118 valence electrons. The highest BCUT2D eigenvalue weighted by Crippen LogP contribution is 2.29. The first-order chi connectivity index (χ1) is 10.1. The van der Waals surface area contributed by atoms with Gasteiger partial charge in [-0.05, 0) is 43.5 Å². The summed E-state index contributed by atoms with van der Waals surface area (Å²) < 4.78 is 0. The number of rotatable bonds is 3. The molecule has 0 aliphatic carbocycles. The third-order valence-corrected chi connectivity index (χ3v) is 4.07. The van der Waals surface area contributed by atoms with Crippen LogP contribution in [-0.4, -0.2) is 9.97 Å². The molecule has 0 radical (unpaired) electrons. The second-order valence-electron chi connectivity index (χ2n) is 7.98. The molecule has 2 heteroatoms. The molecular weight excluding hydrogens is 268 g/mol. The lowest BCUT2D eigenvalue weighted by molar-refractivity contribution is 0.501. The average Bonchev–Trinajstić information content (AvgIpc) is 2.36. The van der Waals surface area contributed by atoms with Crippen molar-refractivity contribution in [1.29, 1.82) is 0 Å². The Labute approximate surface area is 135 Å². The molecule has 0 bridgehead atoms. The topological polar surface area (TPSA) is 25.8 Å². The van der Waals surface area contributed by atoms with E-state index in [4.69, 9.17) is 9.97 Å². The van der Waals surface area contributed by atoms with Crippen LogP contribution in [0, 0.1) is 13.8 Å². The van der Waals surface area contributed by atoms with Crippen LogP contribution in [0.25, 0.3) is 0 Å². The van der Waals surface area contributed by atoms with Crippen molar-refractivity contribution in [3.63, 3.8) is 0 Å². The normalized spacial score (nSPS) is 12.5. The fourth-order valence-electron chi connectivity index (χ4n) is 3.04. The second kappa shape index (κ2) is 5.83. The van der Waals surface area contributed by atoms with Crippen molar-refractivity contribution in [2.24, 2.45) is 0 Å². The zero-order valence-electron chi connectivity index (χ0n) is 15.0. The van der Waals surface area contributed by atoms with Crippen molar-refractivity contribution < 1.29 is 0 Å². The Kier molecular flexibility index (Phi) is 4.42. The second-order valence-corrected chi connectivity index (χ2v) is 7.98. The molecule has 0 saturated heterocycles. The van der Waals surface area contributed by atoms with E-state index < -0.39 is 0 Å². The van der Waals surface area contributed by atoms with Gasteiger partial charge in [0.15, 0.2) is 0 Å². The van der Waals surface area contributed by atoms with E-state index in [0.717, 1.165) is 17.8 Å². The van der Waals surface area contributed by atoms with Crippen LogP contribution in [0.1, 0.15) is 62.8 Å². The summed E-state index contributed by atoms with van der Waals surface area (Å²) in [5.41, 5.74) is 6.05. The van der Waals surface area contributed by atoms with Gasteiger partial charge in [0.05, 0.1) is 0 Å². The van der Waals surface area contributed by atoms with Gasteiger partial charge in [-0.25, -0.2) is 0 Å². The van der Waals surface area contributed by atoms with E-state index in [1.807, 2.05) is 19.2 Å². The highest BCUT2D eigenvalue weighted by atomic mass is 14.7. The molecule has 2 heterocycles. The minimum atomic E-state index is 0.00336. The van der Waals surface area contributed by atoms with Crippen LogP contribution in [0.5, 0.6) is 0 Å². The number of hydrogen-bond donors (Lipinski definition) is 0. The number of aryl methyl sites for hydroxylation is 2. The van der Waals surface area contributed by atoms with Gasteiger partial charge in [-0.2, -0.15) is 0 Å². The first-order valence-corrected chi connectivity index (χ1v) is 8.00. The van der Waals surface area contributed by atoms with Gasteiger partial charge in [-0.3, -0.25) is 9.97 Å². The van der Waals surface area contributed by atoms with Gasteiger partial charge < -0.3 is 0 Å². The maximum Gasteiger partial charge on any atom is 0.0486 e. The van der Waals surface area contributed by atoms with Gasteiger partial charge in [0, 0.05) is 34.1 Å². The van der Waals surface area contributed by atoms with E-state index in [0.29, 0.717) is 0 Å². The van der Waals surface area contributed by atoms with Crippen LogP contribution in [0.3, 0.4) is 0 Å². The van der Waals surface area contributed by atoms with E-state index in [9.17, 15) is 0 Å². The Morgan fingerprint density at radius 3 is 2.23 bits per heavy atom. The Bertz CT molecular complexity index is 664. The van der Waals surface area contributed by atoms with Crippen molar-refractivity contribution in [3.8, 4) is 0 Å². The summed E-state index contributed by atoms with van der Waals surface area (Å²) >= 11 is 0. The lowest BCUT2D eigenvalue weighted by Crippen LogP contribution is -2.23. The Morgan fingerprint density at radius 1 is 1.00 bits per heavy atom. The minimum Gasteiger partial charge on any atom is -0.260 e. The Hall–Kier alpha value is -1.70. The van der Waals surface area contributed by atoms with E-state index in [2.05, 4.69) is 59.7 Å². The predicted octanol–water partition coefficient (Wildman–Crippen LogP) is 4.91. The zero-order valence-corrected chi connectivity index (χ0v) is 15.0. The third kappa shape index (κ3) is 3.73. The monoisotopic (exact) mass is 296 g/mol. The first-order valence-electron chi connectivity index (χ1n) is 8.00. The summed E-state index contributed by atoms with van der Waals surface area (Å²) in [5.74, 6) is 0. The van der Waals surface area contributed by atoms with Crippen molar-refractivity contribution >= 4 is 0 Å². The largest absolute Gasteiger partial charge is 0.260 e. The summed E-state index contributed by atoms with van der Waals surface area (Å²) in [7, 11) is 0. The van der Waals surface area contributed by atoms with Gasteiger partial charge in [0.2, 0.25) is 0 Å². The van der Waals surface area contributed by atoms with Crippen LogP contribution in [0.2, 0.25) is 0 Å². The molecule has 2 nitrogen and oxygen atoms in total. The molecule has 0 aromatic carbocycles. The van der Waals surface area contributed by atoms with Crippen molar-refractivity contribution in [2.45, 2.75) is 65.7 Å². The van der Waals surface area contributed by atoms with Crippen molar-refractivity contribution in [1.82, 2.24) is 9.97 Å². The van der Waals surface area contributed by atoms with E-state index in [1.54, 1.807) is 0 Å². The zero-order chi connectivity index (χ0) is 16.5. The lowest BCUT2D eigenvalue weighted by atomic mass is 9.81. The van der Waals surface area contributed by atoms with Crippen LogP contribution >= 0.6 is 0 Å².